The van der Waals surface area contributed by atoms with Gasteiger partial charge in [0.05, 0.1) is 6.61 Å². The SMILES string of the molecule is CC(C)(C)OC(=O)/N=C/C(CO)CCCO[Si](C)(C)C(C)(C)C. The number of aliphatic hydroxyl groups is 1. The van der Waals surface area contributed by atoms with Crippen molar-refractivity contribution in [2.45, 2.75) is 78.1 Å². The number of nitrogens with zero attached hydrogens (tertiary/aromatic N) is 1. The zero-order valence-electron chi connectivity index (χ0n) is 16.1. The average molecular weight is 346 g/mol. The quantitative estimate of drug-likeness (QED) is 0.422. The maximum Gasteiger partial charge on any atom is 0.433 e. The van der Waals surface area contributed by atoms with Gasteiger partial charge in [0.25, 0.3) is 0 Å². The molecule has 136 valence electrons. The van der Waals surface area contributed by atoms with Gasteiger partial charge in [-0.3, -0.25) is 0 Å². The number of ether oxygens (including phenoxy) is 1. The third-order valence-corrected chi connectivity index (χ3v) is 8.55. The zero-order valence-corrected chi connectivity index (χ0v) is 17.1. The van der Waals surface area contributed by atoms with E-state index in [0.29, 0.717) is 6.61 Å². The van der Waals surface area contributed by atoms with Crippen LogP contribution >= 0.6 is 0 Å². The van der Waals surface area contributed by atoms with E-state index >= 15 is 0 Å². The Bertz CT molecular complexity index is 394. The van der Waals surface area contributed by atoms with E-state index in [9.17, 15) is 9.90 Å². The van der Waals surface area contributed by atoms with Gasteiger partial charge in [-0.25, -0.2) is 4.79 Å². The molecule has 0 saturated carbocycles. The van der Waals surface area contributed by atoms with Crippen LogP contribution in [0.5, 0.6) is 0 Å². The first-order chi connectivity index (χ1) is 10.3. The van der Waals surface area contributed by atoms with Gasteiger partial charge >= 0.3 is 6.09 Å². The standard InChI is InChI=1S/C17H35NO4Si/c1-16(2,3)22-15(20)18-12-14(13-19)10-9-11-21-23(7,8)17(4,5)6/h12,14,19H,9-11,13H2,1-8H3/b18-12+. The summed E-state index contributed by atoms with van der Waals surface area (Å²) < 4.78 is 11.2. The third-order valence-electron chi connectivity index (χ3n) is 4.01. The Labute approximate surface area is 142 Å². The predicted molar refractivity (Wildman–Crippen MR) is 97.7 cm³/mol. The van der Waals surface area contributed by atoms with E-state index in [1.165, 1.54) is 6.21 Å². The minimum absolute atomic E-state index is 0.0353. The van der Waals surface area contributed by atoms with E-state index in [0.717, 1.165) is 12.8 Å². The molecule has 6 heteroatoms. The van der Waals surface area contributed by atoms with Crippen molar-refractivity contribution in [3.63, 3.8) is 0 Å². The Morgan fingerprint density at radius 3 is 2.22 bits per heavy atom. The van der Waals surface area contributed by atoms with Crippen molar-refractivity contribution in [2.24, 2.45) is 10.9 Å². The highest BCUT2D eigenvalue weighted by molar-refractivity contribution is 6.74. The number of rotatable bonds is 7. The first kappa shape index (κ1) is 22.3. The van der Waals surface area contributed by atoms with E-state index in [1.807, 2.05) is 0 Å². The maximum absolute atomic E-state index is 11.5. The molecule has 0 aliphatic rings. The molecule has 0 spiro atoms. The molecule has 0 fully saturated rings. The van der Waals surface area contributed by atoms with E-state index < -0.39 is 20.0 Å². The lowest BCUT2D eigenvalue weighted by Gasteiger charge is -2.36. The molecule has 0 saturated heterocycles. The van der Waals surface area contributed by atoms with Crippen molar-refractivity contribution in [1.82, 2.24) is 0 Å². The Kier molecular flexibility index (Phi) is 8.66. The van der Waals surface area contributed by atoms with Gasteiger partial charge in [-0.2, -0.15) is 4.99 Å². The maximum atomic E-state index is 11.5. The van der Waals surface area contributed by atoms with Crippen LogP contribution in [0.4, 0.5) is 4.79 Å². The molecule has 0 radical (unpaired) electrons. The second kappa shape index (κ2) is 8.94. The number of aliphatic imine (C=N–C) groups is 1. The smallest absolute Gasteiger partial charge is 0.433 e. The lowest BCUT2D eigenvalue weighted by atomic mass is 10.1. The second-order valence-corrected chi connectivity index (χ2v) is 13.3. The number of carbonyl (C=O) groups is 1. The first-order valence-corrected chi connectivity index (χ1v) is 11.2. The number of carbonyl (C=O) groups excluding carboxylic acids is 1. The summed E-state index contributed by atoms with van der Waals surface area (Å²) in [7, 11) is -1.72. The second-order valence-electron chi connectivity index (χ2n) is 8.45. The summed E-state index contributed by atoms with van der Waals surface area (Å²) in [5.41, 5.74) is -0.555. The number of amides is 1. The van der Waals surface area contributed by atoms with Gasteiger partial charge in [0.2, 0.25) is 0 Å². The fourth-order valence-corrected chi connectivity index (χ4v) is 2.64. The van der Waals surface area contributed by atoms with E-state index in [4.69, 9.17) is 9.16 Å². The van der Waals surface area contributed by atoms with Crippen LogP contribution < -0.4 is 0 Å². The molecule has 0 bridgehead atoms. The van der Waals surface area contributed by atoms with Crippen LogP contribution in [0.25, 0.3) is 0 Å². The first-order valence-electron chi connectivity index (χ1n) is 8.30. The molecule has 0 aromatic carbocycles. The molecule has 5 nitrogen and oxygen atoms in total. The minimum Gasteiger partial charge on any atom is -0.442 e. The van der Waals surface area contributed by atoms with Crippen LogP contribution in [0, 0.1) is 5.92 Å². The van der Waals surface area contributed by atoms with Crippen LogP contribution in [-0.2, 0) is 9.16 Å². The molecule has 1 unspecified atom stereocenters. The van der Waals surface area contributed by atoms with Gasteiger partial charge in [-0.15, -0.1) is 0 Å². The van der Waals surface area contributed by atoms with Gasteiger partial charge in [0.15, 0.2) is 8.32 Å². The van der Waals surface area contributed by atoms with E-state index in [1.54, 1.807) is 20.8 Å². The molecule has 0 aromatic rings. The topological polar surface area (TPSA) is 68.1 Å². The number of aliphatic hydroxyl groups excluding tert-OH is 1. The van der Waals surface area contributed by atoms with Crippen molar-refractivity contribution in [2.75, 3.05) is 13.2 Å². The van der Waals surface area contributed by atoms with Crippen LogP contribution in [-0.4, -0.2) is 44.5 Å². The molecule has 0 aliphatic heterocycles. The molecule has 1 N–H and O–H groups in total. The van der Waals surface area contributed by atoms with Crippen molar-refractivity contribution >= 4 is 20.6 Å². The van der Waals surface area contributed by atoms with Gasteiger partial charge in [0.1, 0.15) is 5.60 Å². The summed E-state index contributed by atoms with van der Waals surface area (Å²) >= 11 is 0. The van der Waals surface area contributed by atoms with Crippen LogP contribution in [0.3, 0.4) is 0 Å². The normalized spacial score (nSPS) is 15.0. The van der Waals surface area contributed by atoms with Gasteiger partial charge < -0.3 is 14.3 Å². The highest BCUT2D eigenvalue weighted by Crippen LogP contribution is 2.36. The molecular weight excluding hydrogens is 310 g/mol. The summed E-state index contributed by atoms with van der Waals surface area (Å²) in [6, 6.07) is 0. The minimum atomic E-state index is -1.72. The van der Waals surface area contributed by atoms with Crippen LogP contribution in [0.15, 0.2) is 4.99 Å². The largest absolute Gasteiger partial charge is 0.442 e. The lowest BCUT2D eigenvalue weighted by molar-refractivity contribution is 0.0604. The molecule has 1 atom stereocenters. The highest BCUT2D eigenvalue weighted by Gasteiger charge is 2.36. The van der Waals surface area contributed by atoms with E-state index in [-0.39, 0.29) is 17.6 Å². The lowest BCUT2D eigenvalue weighted by Crippen LogP contribution is -2.41. The number of hydrogen-bond acceptors (Lipinski definition) is 4. The van der Waals surface area contributed by atoms with Crippen molar-refractivity contribution in [1.29, 1.82) is 0 Å². The molecule has 0 aromatic heterocycles. The fourth-order valence-electron chi connectivity index (χ4n) is 1.56. The summed E-state index contributed by atoms with van der Waals surface area (Å²) in [4.78, 5) is 15.3. The van der Waals surface area contributed by atoms with Crippen molar-refractivity contribution in [3.8, 4) is 0 Å². The van der Waals surface area contributed by atoms with E-state index in [2.05, 4.69) is 38.9 Å². The van der Waals surface area contributed by atoms with Crippen LogP contribution in [0.2, 0.25) is 18.1 Å². The van der Waals surface area contributed by atoms with Crippen LogP contribution in [0.1, 0.15) is 54.4 Å². The Balaban J connectivity index is 4.25. The van der Waals surface area contributed by atoms with Crippen molar-refractivity contribution < 1.29 is 19.1 Å². The Morgan fingerprint density at radius 2 is 1.78 bits per heavy atom. The molecule has 0 aliphatic carbocycles. The average Bonchev–Trinajstić information content (AvgIpc) is 2.34. The predicted octanol–water partition coefficient (Wildman–Crippen LogP) is 4.40. The van der Waals surface area contributed by atoms with Gasteiger partial charge in [-0.1, -0.05) is 20.8 Å². The Hall–Kier alpha value is -0.723. The monoisotopic (exact) mass is 345 g/mol. The van der Waals surface area contributed by atoms with Crippen molar-refractivity contribution in [3.05, 3.63) is 0 Å². The number of hydrogen-bond donors (Lipinski definition) is 1. The molecule has 0 heterocycles. The summed E-state index contributed by atoms with van der Waals surface area (Å²) in [5.74, 6) is -0.148. The molecule has 23 heavy (non-hydrogen) atoms. The molecular formula is C17H35NO4Si. The summed E-state index contributed by atoms with van der Waals surface area (Å²) in [6.07, 6.45) is 2.43. The molecule has 0 rings (SSSR count). The third kappa shape index (κ3) is 9.89. The fraction of sp³-hybridized carbons (Fsp3) is 0.882. The highest BCUT2D eigenvalue weighted by atomic mass is 28.4. The Morgan fingerprint density at radius 1 is 1.22 bits per heavy atom. The van der Waals surface area contributed by atoms with Gasteiger partial charge in [0, 0.05) is 18.7 Å². The zero-order chi connectivity index (χ0) is 18.3. The summed E-state index contributed by atoms with van der Waals surface area (Å²) in [6.45, 7) is 17.1. The summed E-state index contributed by atoms with van der Waals surface area (Å²) in [5, 5.41) is 9.58. The molecule has 1 amide bonds. The van der Waals surface area contributed by atoms with Gasteiger partial charge in [-0.05, 0) is 51.7 Å².